The molecule has 0 aromatic carbocycles. The standard InChI is InChI=1S/C40H62O8.C3H8.23C2H6/c1-11-23(3)33(45)47-21-37(8)27-15-18-38(9)28(36(27,7)17-16-29(37)41)14-13-25-26-19-35(5,6)31(43)32(44)40(26,30(42)20-39(25,38)10)22-48-34(46)24(4)12-2;1-3-2;23*1-2/h11-13,26-32,41-44H,14-22H2,1-10H3;3H2,1-2H3;23*1-2H3/b23-11+,24-12+;;;;;;;;;;;;;;;;;;;;;;;;/t26?,27?,28?,29-,30+,31-,32-,36-,37+,38+,39+,40-;;;;;;;;;;;;;;;;;;;;;;;;/m0......................../s1. The molecule has 0 amide bonds. The topological polar surface area (TPSA) is 134 Å². The van der Waals surface area contributed by atoms with Crippen LogP contribution in [0, 0.1) is 50.2 Å². The van der Waals surface area contributed by atoms with E-state index < -0.39 is 52.0 Å². The molecule has 12 atom stereocenters. The lowest BCUT2D eigenvalue weighted by atomic mass is 9.33. The van der Waals surface area contributed by atoms with Crippen molar-refractivity contribution >= 4 is 11.9 Å². The summed E-state index contributed by atoms with van der Waals surface area (Å²) in [5.74, 6) is -0.738. The summed E-state index contributed by atoms with van der Waals surface area (Å²) in [5.41, 5.74) is -0.998. The van der Waals surface area contributed by atoms with Gasteiger partial charge in [0.25, 0.3) is 0 Å². The minimum atomic E-state index is -1.28. The maximum Gasteiger partial charge on any atom is 0.333 e. The zero-order chi connectivity index (χ0) is 84.5. The zero-order valence-corrected chi connectivity index (χ0v) is 79.8. The number of hydrogen-bond donors (Lipinski definition) is 4. The Labute approximate surface area is 624 Å². The Hall–Kier alpha value is -2.00. The van der Waals surface area contributed by atoms with Crippen molar-refractivity contribution in [3.8, 4) is 0 Å². The summed E-state index contributed by atoms with van der Waals surface area (Å²) in [6.07, 6.45) is 8.07. The van der Waals surface area contributed by atoms with Crippen LogP contribution in [-0.2, 0) is 19.1 Å². The van der Waals surface area contributed by atoms with E-state index in [-0.39, 0.29) is 47.8 Å². The average molecular weight is 1410 g/mol. The molecule has 0 radical (unpaired) electrons. The van der Waals surface area contributed by atoms with Crippen LogP contribution in [0.25, 0.3) is 0 Å². The second-order valence-corrected chi connectivity index (χ2v) is 18.6. The molecule has 5 rings (SSSR count). The van der Waals surface area contributed by atoms with Gasteiger partial charge in [0.15, 0.2) is 0 Å². The summed E-state index contributed by atoms with van der Waals surface area (Å²) in [5, 5.41) is 47.2. The van der Waals surface area contributed by atoms with Crippen molar-refractivity contribution in [3.05, 3.63) is 34.9 Å². The first-order valence-electron chi connectivity index (χ1n) is 42.7. The molecule has 3 unspecified atom stereocenters. The third kappa shape index (κ3) is 50.1. The van der Waals surface area contributed by atoms with Gasteiger partial charge in [-0.15, -0.1) is 0 Å². The van der Waals surface area contributed by atoms with Gasteiger partial charge >= 0.3 is 11.9 Å². The van der Waals surface area contributed by atoms with Crippen LogP contribution >= 0.6 is 0 Å². The van der Waals surface area contributed by atoms with Crippen LogP contribution in [0.5, 0.6) is 0 Å². The molecule has 8 nitrogen and oxygen atoms in total. The van der Waals surface area contributed by atoms with Gasteiger partial charge in [-0.05, 0) is 112 Å². The number of esters is 2. The van der Waals surface area contributed by atoms with Crippen molar-refractivity contribution in [2.75, 3.05) is 13.2 Å². The third-order valence-electron chi connectivity index (χ3n) is 15.4. The fraction of sp³-hybridized carbons (Fsp3) is 0.910. The predicted molar refractivity (Wildman–Crippen MR) is 461 cm³/mol. The van der Waals surface area contributed by atoms with E-state index in [1.807, 2.05) is 339 Å². The van der Waals surface area contributed by atoms with Crippen LogP contribution in [-0.4, -0.2) is 70.0 Å². The molecule has 0 heterocycles. The van der Waals surface area contributed by atoms with Crippen LogP contribution in [0.15, 0.2) is 34.9 Å². The van der Waals surface area contributed by atoms with Gasteiger partial charge in [0.2, 0.25) is 0 Å². The minimum absolute atomic E-state index is 0.136. The van der Waals surface area contributed by atoms with Gasteiger partial charge < -0.3 is 29.9 Å². The van der Waals surface area contributed by atoms with Crippen molar-refractivity contribution in [3.63, 3.8) is 0 Å². The first kappa shape index (κ1) is 149. The van der Waals surface area contributed by atoms with E-state index >= 15 is 0 Å². The van der Waals surface area contributed by atoms with Crippen molar-refractivity contribution in [2.24, 2.45) is 50.2 Å². The third-order valence-corrected chi connectivity index (χ3v) is 15.4. The Morgan fingerprint density at radius 2 is 0.711 bits per heavy atom. The van der Waals surface area contributed by atoms with E-state index in [0.717, 1.165) is 25.7 Å². The molecular weight excluding hydrogens is 1200 g/mol. The number of ether oxygens (including phenoxy) is 2. The van der Waals surface area contributed by atoms with Crippen molar-refractivity contribution in [2.45, 2.75) is 477 Å². The number of carbonyl (C=O) groups is 2. The Kier molecular flexibility index (Phi) is 173. The van der Waals surface area contributed by atoms with E-state index in [1.165, 1.54) is 12.0 Å². The molecule has 0 aromatic heterocycles. The van der Waals surface area contributed by atoms with Gasteiger partial charge in [0.05, 0.1) is 36.4 Å². The lowest BCUT2D eigenvalue weighted by molar-refractivity contribution is -0.260. The summed E-state index contributed by atoms with van der Waals surface area (Å²) in [6, 6.07) is 0. The van der Waals surface area contributed by atoms with Crippen LogP contribution < -0.4 is 0 Å². The van der Waals surface area contributed by atoms with Crippen LogP contribution in [0.4, 0.5) is 0 Å². The van der Waals surface area contributed by atoms with Crippen LogP contribution in [0.2, 0.25) is 0 Å². The van der Waals surface area contributed by atoms with E-state index in [4.69, 9.17) is 9.47 Å². The summed E-state index contributed by atoms with van der Waals surface area (Å²) in [7, 11) is 0. The predicted octanol–water partition coefficient (Wildman–Crippen LogP) is 31.1. The molecule has 0 bridgehead atoms. The molecule has 4 fully saturated rings. The van der Waals surface area contributed by atoms with E-state index in [2.05, 4.69) is 47.6 Å². The zero-order valence-electron chi connectivity index (χ0n) is 79.8. The first-order valence-corrected chi connectivity index (χ1v) is 42.7. The van der Waals surface area contributed by atoms with Gasteiger partial charge in [-0.25, -0.2) is 9.59 Å². The molecule has 4 N–H and O–H groups in total. The van der Waals surface area contributed by atoms with Crippen molar-refractivity contribution in [1.82, 2.24) is 0 Å². The molecule has 5 aliphatic rings. The highest BCUT2D eigenvalue weighted by Crippen LogP contribution is 2.76. The maximum atomic E-state index is 12.9. The van der Waals surface area contributed by atoms with Crippen LogP contribution in [0.3, 0.4) is 0 Å². The summed E-state index contributed by atoms with van der Waals surface area (Å²) in [4.78, 5) is 25.6. The maximum absolute atomic E-state index is 12.9. The monoisotopic (exact) mass is 1410 g/mol. The van der Waals surface area contributed by atoms with Gasteiger partial charge in [0.1, 0.15) is 6.61 Å². The summed E-state index contributed by atoms with van der Waals surface area (Å²) < 4.78 is 11.7. The van der Waals surface area contributed by atoms with E-state index in [1.54, 1.807) is 32.9 Å². The summed E-state index contributed by atoms with van der Waals surface area (Å²) >= 11 is 0. The second-order valence-electron chi connectivity index (χ2n) is 18.6. The highest BCUT2D eigenvalue weighted by atomic mass is 16.5. The Balaban J connectivity index is -0.0000000567. The molecule has 612 valence electrons. The Morgan fingerprint density at radius 1 is 0.423 bits per heavy atom. The van der Waals surface area contributed by atoms with E-state index in [0.29, 0.717) is 30.4 Å². The summed E-state index contributed by atoms with van der Waals surface area (Å²) in [6.45, 7) is 116. The van der Waals surface area contributed by atoms with Crippen molar-refractivity contribution in [1.29, 1.82) is 0 Å². The Bertz CT molecular complexity index is 1420. The smallest absolute Gasteiger partial charge is 0.333 e. The Morgan fingerprint density at radius 3 is 1.00 bits per heavy atom. The van der Waals surface area contributed by atoms with E-state index in [9.17, 15) is 30.0 Å². The minimum Gasteiger partial charge on any atom is -0.462 e. The number of rotatable bonds is 6. The molecule has 8 heteroatoms. The number of allylic oxidation sites excluding steroid dienone is 4. The molecular formula is C89H208O8. The molecule has 5 aliphatic carbocycles. The van der Waals surface area contributed by atoms with Gasteiger partial charge in [0, 0.05) is 16.6 Å². The van der Waals surface area contributed by atoms with Crippen LogP contribution in [0.1, 0.15) is 453 Å². The number of carbonyl (C=O) groups excluding carboxylic acids is 2. The van der Waals surface area contributed by atoms with Gasteiger partial charge in [-0.1, -0.05) is 404 Å². The molecule has 0 spiro atoms. The molecule has 97 heavy (non-hydrogen) atoms. The first-order chi connectivity index (χ1) is 46.6. The number of hydrogen-bond acceptors (Lipinski definition) is 8. The largest absolute Gasteiger partial charge is 0.462 e. The van der Waals surface area contributed by atoms with Crippen molar-refractivity contribution < 1.29 is 39.5 Å². The second kappa shape index (κ2) is 113. The number of aliphatic hydroxyl groups excluding tert-OH is 4. The number of fused-ring (bicyclic) bond motifs is 7. The fourth-order valence-electron chi connectivity index (χ4n) is 11.8. The average Bonchev–Trinajstić information content (AvgIpc) is 0.674. The normalized spacial score (nSPS) is 24.9. The molecule has 0 aliphatic heterocycles. The highest BCUT2D eigenvalue weighted by Gasteiger charge is 2.73. The highest BCUT2D eigenvalue weighted by molar-refractivity contribution is 5.88. The molecule has 0 saturated heterocycles. The quantitative estimate of drug-likeness (QED) is 0.117. The number of aliphatic hydroxyl groups is 4. The fourth-order valence-corrected chi connectivity index (χ4v) is 11.8. The molecule has 4 saturated carbocycles. The van der Waals surface area contributed by atoms with Gasteiger partial charge in [-0.3, -0.25) is 0 Å². The lowest BCUT2D eigenvalue weighted by Gasteiger charge is -2.72. The van der Waals surface area contributed by atoms with Gasteiger partial charge in [-0.2, -0.15) is 0 Å². The lowest BCUT2D eigenvalue weighted by Crippen LogP contribution is -2.72. The SMILES string of the molecule is C/C=C(\C)C(=O)OC[C@@]12C(CC(C)(C)[C@@H](O)[C@@H]1O)C1=CCC3[C@@]4(C)CC[C@H](O)[C@](C)(COC(=O)/C(C)=C/C)C4CC[C@@]3(C)[C@]1(C)C[C@H]2O.CC.CC.CC.CC.CC.CC.CC.CC.CC.CC.CC.CC.CC.CC.CC.CC.CC.CC.CC.CC.CC.CC.CC.CCC. The molecule has 0 aromatic rings.